The second kappa shape index (κ2) is 8.08. The highest BCUT2D eigenvalue weighted by Gasteiger charge is 2.75. The summed E-state index contributed by atoms with van der Waals surface area (Å²) in [6, 6.07) is 0. The molecule has 0 bridgehead atoms. The molecule has 4 aliphatic rings. The lowest BCUT2D eigenvalue weighted by molar-refractivity contribution is -0.197. The smallest absolute Gasteiger partial charge is 0.303 e. The Morgan fingerprint density at radius 1 is 1.21 bits per heavy atom. The monoisotopic (exact) mass is 540 g/mol. The number of ketones is 2. The number of fused-ring (bicyclic) bond motifs is 5. The summed E-state index contributed by atoms with van der Waals surface area (Å²) < 4.78 is 25.3. The van der Waals surface area contributed by atoms with Crippen molar-refractivity contribution in [3.8, 4) is 0 Å². The fourth-order valence-corrected chi connectivity index (χ4v) is 8.43. The summed E-state index contributed by atoms with van der Waals surface area (Å²) in [7, 11) is 0. The maximum absolute atomic E-state index is 15.6. The molecule has 0 aromatic carbocycles. The van der Waals surface area contributed by atoms with Crippen LogP contribution < -0.4 is 0 Å². The van der Waals surface area contributed by atoms with E-state index in [1.54, 1.807) is 13.0 Å². The van der Waals surface area contributed by atoms with Crippen LogP contribution in [-0.2, 0) is 28.7 Å². The Kier molecular flexibility index (Phi) is 6.00. The van der Waals surface area contributed by atoms with Gasteiger partial charge in [-0.3, -0.25) is 19.2 Å². The van der Waals surface area contributed by atoms with Crippen molar-refractivity contribution in [2.75, 3.05) is 6.61 Å². The average Bonchev–Trinajstić information content (AvgIpc) is 3.02. The van der Waals surface area contributed by atoms with Crippen molar-refractivity contribution in [3.05, 3.63) is 23.8 Å². The van der Waals surface area contributed by atoms with Crippen LogP contribution in [0.25, 0.3) is 0 Å². The molecule has 0 amide bonds. The Morgan fingerprint density at radius 3 is 2.50 bits per heavy atom. The molecule has 0 aromatic rings. The standard InChI is InChI=1S/C25H30BrFO7/c1-13(28)33-12-21(32)24(34-14(2)29)8-6-16-17-10-19(27)18-9-15(30)5-7-22(18,3)25(17,26)20(31)11-23(16,24)4/h5,7,9,16-17,19-20,31H,6,8,10-12H2,1-4H3/t16-,17-,19-,20-,22-,23-,24-,25-/m0/s1. The van der Waals surface area contributed by atoms with E-state index >= 15 is 4.39 Å². The van der Waals surface area contributed by atoms with Crippen LogP contribution in [0.4, 0.5) is 4.39 Å². The van der Waals surface area contributed by atoms with E-state index < -0.39 is 63.3 Å². The molecular weight excluding hydrogens is 511 g/mol. The van der Waals surface area contributed by atoms with E-state index in [0.29, 0.717) is 12.0 Å². The molecule has 186 valence electrons. The van der Waals surface area contributed by atoms with Crippen LogP contribution in [-0.4, -0.2) is 57.4 Å². The van der Waals surface area contributed by atoms with Gasteiger partial charge in [0.05, 0.1) is 10.4 Å². The second-order valence-corrected chi connectivity index (χ2v) is 11.8. The van der Waals surface area contributed by atoms with Gasteiger partial charge in [0.1, 0.15) is 6.17 Å². The van der Waals surface area contributed by atoms with Gasteiger partial charge < -0.3 is 14.6 Å². The van der Waals surface area contributed by atoms with Gasteiger partial charge in [-0.2, -0.15) is 0 Å². The predicted molar refractivity (Wildman–Crippen MR) is 123 cm³/mol. The lowest BCUT2D eigenvalue weighted by Gasteiger charge is -2.64. The van der Waals surface area contributed by atoms with Crippen molar-refractivity contribution in [3.63, 3.8) is 0 Å². The Balaban J connectivity index is 1.81. The summed E-state index contributed by atoms with van der Waals surface area (Å²) in [6.45, 7) is 5.47. The zero-order valence-electron chi connectivity index (χ0n) is 19.7. The number of aliphatic hydroxyl groups excluding tert-OH is 1. The van der Waals surface area contributed by atoms with Gasteiger partial charge in [0.15, 0.2) is 18.0 Å². The molecule has 9 heteroatoms. The molecule has 0 aliphatic heterocycles. The van der Waals surface area contributed by atoms with Crippen molar-refractivity contribution in [2.45, 2.75) is 75.6 Å². The first-order valence-electron chi connectivity index (χ1n) is 11.6. The van der Waals surface area contributed by atoms with Crippen molar-refractivity contribution in [1.29, 1.82) is 0 Å². The van der Waals surface area contributed by atoms with Crippen LogP contribution >= 0.6 is 15.9 Å². The summed E-state index contributed by atoms with van der Waals surface area (Å²) in [6.07, 6.45) is 2.75. The number of esters is 2. The minimum absolute atomic E-state index is 0.0550. The van der Waals surface area contributed by atoms with Gasteiger partial charge in [-0.15, -0.1) is 0 Å². The number of ether oxygens (including phenoxy) is 2. The number of hydrogen-bond donors (Lipinski definition) is 1. The minimum Gasteiger partial charge on any atom is -0.458 e. The molecule has 0 heterocycles. The largest absolute Gasteiger partial charge is 0.458 e. The average molecular weight is 541 g/mol. The molecule has 4 rings (SSSR count). The van der Waals surface area contributed by atoms with E-state index in [-0.39, 0.29) is 31.0 Å². The highest BCUT2D eigenvalue weighted by atomic mass is 79.9. The Morgan fingerprint density at radius 2 is 1.88 bits per heavy atom. The van der Waals surface area contributed by atoms with Gasteiger partial charge in [0, 0.05) is 24.7 Å². The number of allylic oxidation sites excluding steroid dienone is 4. The maximum atomic E-state index is 15.6. The van der Waals surface area contributed by atoms with Gasteiger partial charge in [0.25, 0.3) is 0 Å². The Hall–Kier alpha value is -1.87. The van der Waals surface area contributed by atoms with Gasteiger partial charge in [-0.1, -0.05) is 35.9 Å². The van der Waals surface area contributed by atoms with E-state index in [0.717, 1.165) is 0 Å². The van der Waals surface area contributed by atoms with E-state index in [1.807, 2.05) is 6.92 Å². The highest BCUT2D eigenvalue weighted by Crippen LogP contribution is 2.71. The van der Waals surface area contributed by atoms with Crippen LogP contribution in [0.3, 0.4) is 0 Å². The predicted octanol–water partition coefficient (Wildman–Crippen LogP) is 3.16. The summed E-state index contributed by atoms with van der Waals surface area (Å²) in [5, 5.41) is 11.6. The topological polar surface area (TPSA) is 107 Å². The molecule has 4 aliphatic carbocycles. The number of Topliss-reactive ketones (excluding diaryl/α,β-unsaturated/α-hetero) is 1. The van der Waals surface area contributed by atoms with Crippen molar-refractivity contribution in [2.24, 2.45) is 22.7 Å². The summed E-state index contributed by atoms with van der Waals surface area (Å²) in [5.74, 6) is -2.81. The third-order valence-electron chi connectivity index (χ3n) is 8.92. The molecule has 8 atom stereocenters. The fourth-order valence-electron chi connectivity index (χ4n) is 7.40. The van der Waals surface area contributed by atoms with Gasteiger partial charge >= 0.3 is 11.9 Å². The molecule has 34 heavy (non-hydrogen) atoms. The molecule has 7 nitrogen and oxygen atoms in total. The molecular formula is C25H30BrFO7. The quantitative estimate of drug-likeness (QED) is 0.431. The SMILES string of the molecule is CC(=O)OCC(=O)[C@@]1(OC(C)=O)CC[C@H]2[C@@H]3C[C@H](F)C4=CC(=O)C=C[C@]4(C)[C@@]3(Br)[C@@H](O)C[C@@]21C. The second-order valence-electron chi connectivity index (χ2n) is 10.5. The normalized spacial score (nSPS) is 44.9. The Bertz CT molecular complexity index is 1020. The molecule has 1 N–H and O–H groups in total. The van der Waals surface area contributed by atoms with Crippen LogP contribution in [0.5, 0.6) is 0 Å². The lowest BCUT2D eigenvalue weighted by atomic mass is 9.45. The maximum Gasteiger partial charge on any atom is 0.303 e. The van der Waals surface area contributed by atoms with Crippen LogP contribution in [0.15, 0.2) is 23.8 Å². The van der Waals surface area contributed by atoms with Crippen molar-refractivity contribution >= 4 is 39.4 Å². The van der Waals surface area contributed by atoms with E-state index in [4.69, 9.17) is 9.47 Å². The number of alkyl halides is 2. The number of rotatable bonds is 4. The number of hydrogen-bond acceptors (Lipinski definition) is 7. The molecule has 0 aromatic heterocycles. The molecule has 0 spiro atoms. The Labute approximate surface area is 206 Å². The molecule has 0 saturated heterocycles. The minimum atomic E-state index is -1.60. The number of carbonyl (C=O) groups excluding carboxylic acids is 4. The molecule has 0 unspecified atom stereocenters. The number of halogens is 2. The molecule has 3 saturated carbocycles. The first-order chi connectivity index (χ1) is 15.7. The first kappa shape index (κ1) is 25.2. The van der Waals surface area contributed by atoms with Gasteiger partial charge in [-0.25, -0.2) is 4.39 Å². The highest BCUT2D eigenvalue weighted by molar-refractivity contribution is 9.10. The zero-order valence-corrected chi connectivity index (χ0v) is 21.3. The zero-order chi connectivity index (χ0) is 25.3. The third kappa shape index (κ3) is 3.22. The van der Waals surface area contributed by atoms with E-state index in [9.17, 15) is 24.3 Å². The summed E-state index contributed by atoms with van der Waals surface area (Å²) >= 11 is 3.84. The van der Waals surface area contributed by atoms with Crippen molar-refractivity contribution < 1.29 is 38.1 Å². The lowest BCUT2D eigenvalue weighted by Crippen LogP contribution is -2.70. The molecule has 3 fully saturated rings. The van der Waals surface area contributed by atoms with Crippen molar-refractivity contribution in [1.82, 2.24) is 0 Å². The number of carbonyl (C=O) groups is 4. The fraction of sp³-hybridized carbons (Fsp3) is 0.680. The molecule has 0 radical (unpaired) electrons. The van der Waals surface area contributed by atoms with Gasteiger partial charge in [0.2, 0.25) is 5.78 Å². The summed E-state index contributed by atoms with van der Waals surface area (Å²) in [5.41, 5.74) is -3.23. The van der Waals surface area contributed by atoms with Crippen LogP contribution in [0.1, 0.15) is 53.4 Å². The summed E-state index contributed by atoms with van der Waals surface area (Å²) in [4.78, 5) is 49.0. The third-order valence-corrected chi connectivity index (χ3v) is 10.9. The van der Waals surface area contributed by atoms with Crippen LogP contribution in [0.2, 0.25) is 0 Å². The first-order valence-corrected chi connectivity index (χ1v) is 12.3. The number of aliphatic hydroxyl groups is 1. The van der Waals surface area contributed by atoms with E-state index in [2.05, 4.69) is 15.9 Å². The van der Waals surface area contributed by atoms with Gasteiger partial charge in [-0.05, 0) is 55.2 Å². The van der Waals surface area contributed by atoms with Crippen LogP contribution in [0, 0.1) is 22.7 Å². The van der Waals surface area contributed by atoms with E-state index in [1.165, 1.54) is 26.0 Å².